The third-order valence-corrected chi connectivity index (χ3v) is 5.15. The first-order valence-corrected chi connectivity index (χ1v) is 8.31. The van der Waals surface area contributed by atoms with E-state index in [1.54, 1.807) is 0 Å². The van der Waals surface area contributed by atoms with Crippen molar-refractivity contribution in [3.8, 4) is 0 Å². The lowest BCUT2D eigenvalue weighted by atomic mass is 9.78. The maximum atomic E-state index is 12.5. The molecule has 3 aliphatic rings. The lowest BCUT2D eigenvalue weighted by Gasteiger charge is -2.43. The van der Waals surface area contributed by atoms with Gasteiger partial charge in [-0.1, -0.05) is 0 Å². The lowest BCUT2D eigenvalue weighted by Crippen LogP contribution is -2.59. The van der Waals surface area contributed by atoms with Gasteiger partial charge in [0, 0.05) is 18.1 Å². The Morgan fingerprint density at radius 1 is 1.25 bits per heavy atom. The molecule has 0 bridgehead atoms. The Balaban J connectivity index is 1.71. The van der Waals surface area contributed by atoms with Gasteiger partial charge in [0.05, 0.1) is 6.61 Å². The van der Waals surface area contributed by atoms with Gasteiger partial charge < -0.3 is 9.64 Å². The molecule has 0 radical (unpaired) electrons. The Hall–Kier alpha value is -0.610. The second kappa shape index (κ2) is 5.64. The van der Waals surface area contributed by atoms with Gasteiger partial charge in [0.1, 0.15) is 5.54 Å². The number of hydrogen-bond donors (Lipinski definition) is 1. The molecule has 0 saturated heterocycles. The van der Waals surface area contributed by atoms with Crippen molar-refractivity contribution in [3.05, 3.63) is 0 Å². The van der Waals surface area contributed by atoms with Gasteiger partial charge >= 0.3 is 5.97 Å². The predicted molar refractivity (Wildman–Crippen MR) is 78.6 cm³/mol. The molecule has 3 fully saturated rings. The van der Waals surface area contributed by atoms with Crippen LogP contribution in [0.2, 0.25) is 0 Å². The minimum absolute atomic E-state index is 0.0132. The van der Waals surface area contributed by atoms with E-state index in [0.29, 0.717) is 18.7 Å². The monoisotopic (exact) mass is 280 g/mol. The molecule has 114 valence electrons. The zero-order chi connectivity index (χ0) is 14.2. The Morgan fingerprint density at radius 3 is 2.60 bits per heavy atom. The van der Waals surface area contributed by atoms with E-state index in [2.05, 4.69) is 17.3 Å². The predicted octanol–water partition coefficient (Wildman–Crippen LogP) is 2.08. The molecule has 2 unspecified atom stereocenters. The van der Waals surface area contributed by atoms with Crippen molar-refractivity contribution >= 4 is 5.97 Å². The third-order valence-electron chi connectivity index (χ3n) is 5.15. The summed E-state index contributed by atoms with van der Waals surface area (Å²) < 4.78 is 5.40. The molecule has 4 heteroatoms. The Labute approximate surface area is 122 Å². The minimum Gasteiger partial charge on any atom is -0.465 e. The highest BCUT2D eigenvalue weighted by atomic mass is 16.5. The molecule has 0 aliphatic heterocycles. The van der Waals surface area contributed by atoms with Crippen LogP contribution < -0.4 is 5.32 Å². The van der Waals surface area contributed by atoms with Crippen LogP contribution in [0, 0.1) is 0 Å². The van der Waals surface area contributed by atoms with Crippen molar-refractivity contribution < 1.29 is 9.53 Å². The van der Waals surface area contributed by atoms with Crippen molar-refractivity contribution in [2.24, 2.45) is 0 Å². The fourth-order valence-corrected chi connectivity index (χ4v) is 3.64. The van der Waals surface area contributed by atoms with Gasteiger partial charge in [-0.15, -0.1) is 0 Å². The molecular formula is C16H28N2O2. The van der Waals surface area contributed by atoms with Crippen LogP contribution >= 0.6 is 0 Å². The summed E-state index contributed by atoms with van der Waals surface area (Å²) >= 11 is 0. The average Bonchev–Trinajstić information content (AvgIpc) is 3.32. The molecule has 0 aromatic carbocycles. The van der Waals surface area contributed by atoms with E-state index in [1.165, 1.54) is 32.1 Å². The molecule has 0 aromatic heterocycles. The number of nitrogens with one attached hydrogen (secondary N) is 1. The van der Waals surface area contributed by atoms with Gasteiger partial charge in [-0.3, -0.25) is 10.1 Å². The summed E-state index contributed by atoms with van der Waals surface area (Å²) in [6, 6.07) is 1.84. The summed E-state index contributed by atoms with van der Waals surface area (Å²) in [6.45, 7) is 2.38. The molecule has 4 nitrogen and oxygen atoms in total. The fourth-order valence-electron chi connectivity index (χ4n) is 3.64. The van der Waals surface area contributed by atoms with Crippen LogP contribution in [0.3, 0.4) is 0 Å². The number of rotatable bonds is 6. The molecule has 20 heavy (non-hydrogen) atoms. The van der Waals surface area contributed by atoms with E-state index >= 15 is 0 Å². The topological polar surface area (TPSA) is 41.6 Å². The summed E-state index contributed by atoms with van der Waals surface area (Å²) in [7, 11) is 2.24. The van der Waals surface area contributed by atoms with Gasteiger partial charge in [-0.05, 0) is 65.3 Å². The fraction of sp³-hybridized carbons (Fsp3) is 0.938. The van der Waals surface area contributed by atoms with Crippen molar-refractivity contribution in [1.82, 2.24) is 10.2 Å². The number of ether oxygens (including phenoxy) is 1. The molecule has 0 aromatic rings. The molecule has 0 amide bonds. The largest absolute Gasteiger partial charge is 0.465 e. The van der Waals surface area contributed by atoms with E-state index < -0.39 is 5.54 Å². The van der Waals surface area contributed by atoms with Crippen LogP contribution in [-0.2, 0) is 9.53 Å². The summed E-state index contributed by atoms with van der Waals surface area (Å²) in [6.07, 6.45) is 9.30. The van der Waals surface area contributed by atoms with Crippen LogP contribution in [0.25, 0.3) is 0 Å². The normalized spacial score (nSPS) is 34.2. The number of carbonyl (C=O) groups is 1. The van der Waals surface area contributed by atoms with Crippen molar-refractivity contribution in [2.45, 2.75) is 82.0 Å². The number of nitrogens with zero attached hydrogens (tertiary/aromatic N) is 1. The first kappa shape index (κ1) is 14.3. The Kier molecular flexibility index (Phi) is 4.04. The first-order chi connectivity index (χ1) is 9.64. The highest BCUT2D eigenvalue weighted by Gasteiger charge is 2.48. The molecule has 2 atom stereocenters. The van der Waals surface area contributed by atoms with Crippen molar-refractivity contribution in [3.63, 3.8) is 0 Å². The van der Waals surface area contributed by atoms with E-state index in [0.717, 1.165) is 25.3 Å². The third kappa shape index (κ3) is 3.01. The van der Waals surface area contributed by atoms with Crippen LogP contribution in [0.15, 0.2) is 0 Å². The van der Waals surface area contributed by atoms with E-state index in [9.17, 15) is 4.79 Å². The van der Waals surface area contributed by atoms with Crippen molar-refractivity contribution in [1.29, 1.82) is 0 Å². The van der Waals surface area contributed by atoms with Gasteiger partial charge in [-0.25, -0.2) is 0 Å². The average molecular weight is 280 g/mol. The molecule has 0 spiro atoms. The van der Waals surface area contributed by atoms with Gasteiger partial charge in [0.15, 0.2) is 0 Å². The van der Waals surface area contributed by atoms with Crippen LogP contribution in [0.1, 0.15) is 58.3 Å². The number of esters is 1. The summed E-state index contributed by atoms with van der Waals surface area (Å²) in [5, 5.41) is 3.63. The minimum atomic E-state index is -0.413. The molecule has 3 saturated carbocycles. The van der Waals surface area contributed by atoms with Crippen LogP contribution in [-0.4, -0.2) is 48.2 Å². The Bertz CT molecular complexity index is 365. The zero-order valence-electron chi connectivity index (χ0n) is 12.9. The highest BCUT2D eigenvalue weighted by Crippen LogP contribution is 2.38. The van der Waals surface area contributed by atoms with E-state index in [1.807, 2.05) is 6.92 Å². The Morgan fingerprint density at radius 2 is 2.00 bits per heavy atom. The van der Waals surface area contributed by atoms with Gasteiger partial charge in [0.2, 0.25) is 0 Å². The summed E-state index contributed by atoms with van der Waals surface area (Å²) in [5.41, 5.74) is -0.413. The molecule has 1 N–H and O–H groups in total. The summed E-state index contributed by atoms with van der Waals surface area (Å²) in [4.78, 5) is 15.0. The van der Waals surface area contributed by atoms with Crippen LogP contribution in [0.4, 0.5) is 0 Å². The molecule has 3 aliphatic carbocycles. The smallest absolute Gasteiger partial charge is 0.326 e. The van der Waals surface area contributed by atoms with Crippen LogP contribution in [0.5, 0.6) is 0 Å². The lowest BCUT2D eigenvalue weighted by molar-refractivity contribution is -0.154. The zero-order valence-corrected chi connectivity index (χ0v) is 12.9. The second-order valence-corrected chi connectivity index (χ2v) is 6.87. The SMILES string of the molecule is CCOC(=O)C1(NC2CC2)CCCC(N(C)C2CC2)C1. The first-order valence-electron chi connectivity index (χ1n) is 8.31. The summed E-state index contributed by atoms with van der Waals surface area (Å²) in [5.74, 6) is -0.0132. The second-order valence-electron chi connectivity index (χ2n) is 6.87. The number of hydrogen-bond acceptors (Lipinski definition) is 4. The maximum Gasteiger partial charge on any atom is 0.326 e. The molecular weight excluding hydrogens is 252 g/mol. The molecule has 0 heterocycles. The van der Waals surface area contributed by atoms with E-state index in [4.69, 9.17) is 4.74 Å². The standard InChI is InChI=1S/C16H28N2O2/c1-3-20-15(19)16(17-12-6-7-12)10-4-5-14(11-16)18(2)13-8-9-13/h12-14,17H,3-11H2,1-2H3. The van der Waals surface area contributed by atoms with Crippen molar-refractivity contribution in [2.75, 3.05) is 13.7 Å². The van der Waals surface area contributed by atoms with E-state index in [-0.39, 0.29) is 5.97 Å². The molecule has 3 rings (SSSR count). The highest BCUT2D eigenvalue weighted by molar-refractivity contribution is 5.81. The van der Waals surface area contributed by atoms with Gasteiger partial charge in [0.25, 0.3) is 0 Å². The quantitative estimate of drug-likeness (QED) is 0.756. The number of carbonyl (C=O) groups excluding carboxylic acids is 1. The van der Waals surface area contributed by atoms with Gasteiger partial charge in [-0.2, -0.15) is 0 Å². The maximum absolute atomic E-state index is 12.5.